The number of nitrogens with zero attached hydrogens (tertiary/aromatic N) is 1. The highest BCUT2D eigenvalue weighted by molar-refractivity contribution is 9.10. The lowest BCUT2D eigenvalue weighted by molar-refractivity contribution is 0.0695. The van der Waals surface area contributed by atoms with Gasteiger partial charge in [0.15, 0.2) is 0 Å². The number of rotatable bonds is 7. The molecule has 1 aromatic carbocycles. The normalized spacial score (nSPS) is 12.6. The second kappa shape index (κ2) is 7.77. The molecule has 0 bridgehead atoms. The molecule has 0 heterocycles. The summed E-state index contributed by atoms with van der Waals surface area (Å²) in [4.78, 5) is 13.8. The Morgan fingerprint density at radius 1 is 1.37 bits per heavy atom. The van der Waals surface area contributed by atoms with E-state index < -0.39 is 16.8 Å². The Morgan fingerprint density at radius 2 is 2.00 bits per heavy atom. The van der Waals surface area contributed by atoms with E-state index in [0.717, 1.165) is 19.6 Å². The Hall–Kier alpha value is -0.720. The summed E-state index contributed by atoms with van der Waals surface area (Å²) in [5.74, 6) is -0.503. The van der Waals surface area contributed by atoms with Crippen molar-refractivity contribution in [3.05, 3.63) is 28.2 Å². The smallest absolute Gasteiger partial charge is 0.336 e. The number of carboxylic acids is 1. The standard InChI is InChI=1S/C13H18BrNO3S/c1-3-15(4-2)7-8-19(18)10-5-6-12(14)11(9-10)13(16)17/h5-6,9H,3-4,7-8H2,1-2H3,(H,16,17). The third kappa shape index (κ3) is 4.71. The van der Waals surface area contributed by atoms with E-state index in [1.165, 1.54) is 6.07 Å². The molecule has 0 spiro atoms. The van der Waals surface area contributed by atoms with Crippen LogP contribution in [0, 0.1) is 0 Å². The van der Waals surface area contributed by atoms with Gasteiger partial charge in [0.05, 0.1) is 16.4 Å². The largest absolute Gasteiger partial charge is 0.478 e. The van der Waals surface area contributed by atoms with Crippen LogP contribution in [0.25, 0.3) is 0 Å². The third-order valence-corrected chi connectivity index (χ3v) is 4.94. The Labute approximate surface area is 124 Å². The van der Waals surface area contributed by atoms with Gasteiger partial charge in [0.1, 0.15) is 0 Å². The van der Waals surface area contributed by atoms with E-state index in [0.29, 0.717) is 15.1 Å². The number of benzene rings is 1. The lowest BCUT2D eigenvalue weighted by atomic mass is 10.2. The molecule has 4 nitrogen and oxygen atoms in total. The maximum Gasteiger partial charge on any atom is 0.336 e. The number of hydrogen-bond acceptors (Lipinski definition) is 3. The second-order valence-electron chi connectivity index (χ2n) is 4.02. The number of halogens is 1. The summed E-state index contributed by atoms with van der Waals surface area (Å²) in [6, 6.07) is 4.81. The van der Waals surface area contributed by atoms with Crippen LogP contribution in [-0.2, 0) is 10.8 Å². The van der Waals surface area contributed by atoms with Crippen molar-refractivity contribution in [1.29, 1.82) is 0 Å². The average molecular weight is 348 g/mol. The summed E-state index contributed by atoms with van der Waals surface area (Å²) in [6.07, 6.45) is 0. The zero-order valence-electron chi connectivity index (χ0n) is 11.1. The van der Waals surface area contributed by atoms with Gasteiger partial charge in [0.25, 0.3) is 0 Å². The van der Waals surface area contributed by atoms with Gasteiger partial charge >= 0.3 is 5.97 Å². The van der Waals surface area contributed by atoms with Gasteiger partial charge in [-0.25, -0.2) is 4.79 Å². The Morgan fingerprint density at radius 3 is 2.53 bits per heavy atom. The van der Waals surface area contributed by atoms with Gasteiger partial charge in [0.2, 0.25) is 0 Å². The summed E-state index contributed by atoms with van der Waals surface area (Å²) < 4.78 is 12.6. The van der Waals surface area contributed by atoms with Crippen molar-refractivity contribution in [2.75, 3.05) is 25.4 Å². The lowest BCUT2D eigenvalue weighted by Gasteiger charge is -2.17. The van der Waals surface area contributed by atoms with E-state index in [2.05, 4.69) is 34.7 Å². The van der Waals surface area contributed by atoms with Crippen molar-refractivity contribution >= 4 is 32.7 Å². The molecular formula is C13H18BrNO3S. The number of carbonyl (C=O) groups is 1. The average Bonchev–Trinajstić information content (AvgIpc) is 2.39. The van der Waals surface area contributed by atoms with Crippen LogP contribution in [0.15, 0.2) is 27.6 Å². The minimum atomic E-state index is -1.17. The monoisotopic (exact) mass is 347 g/mol. The molecule has 0 saturated heterocycles. The minimum absolute atomic E-state index is 0.147. The van der Waals surface area contributed by atoms with Crippen LogP contribution in [0.2, 0.25) is 0 Å². The number of carboxylic acid groups (broad SMARTS) is 1. The fourth-order valence-electron chi connectivity index (χ4n) is 1.68. The van der Waals surface area contributed by atoms with Crippen LogP contribution < -0.4 is 0 Å². The molecule has 19 heavy (non-hydrogen) atoms. The second-order valence-corrected chi connectivity index (χ2v) is 6.45. The van der Waals surface area contributed by atoms with Gasteiger partial charge in [-0.1, -0.05) is 13.8 Å². The summed E-state index contributed by atoms with van der Waals surface area (Å²) in [6.45, 7) is 6.73. The molecule has 1 rings (SSSR count). The first kappa shape index (κ1) is 16.3. The molecule has 0 saturated carbocycles. The molecular weight excluding hydrogens is 330 g/mol. The summed E-state index contributed by atoms with van der Waals surface area (Å²) in [5, 5.41) is 9.03. The van der Waals surface area contributed by atoms with Crippen molar-refractivity contribution in [2.24, 2.45) is 0 Å². The first-order chi connectivity index (χ1) is 8.99. The van der Waals surface area contributed by atoms with Crippen molar-refractivity contribution in [3.63, 3.8) is 0 Å². The predicted octanol–water partition coefficient (Wildman–Crippen LogP) is 2.60. The fraction of sp³-hybridized carbons (Fsp3) is 0.462. The van der Waals surface area contributed by atoms with Crippen LogP contribution in [0.3, 0.4) is 0 Å². The van der Waals surface area contributed by atoms with E-state index in [4.69, 9.17) is 5.11 Å². The SMILES string of the molecule is CCN(CC)CCS(=O)c1ccc(Br)c(C(=O)O)c1. The molecule has 0 aromatic heterocycles. The van der Waals surface area contributed by atoms with Crippen LogP contribution in [-0.4, -0.2) is 45.6 Å². The molecule has 1 unspecified atom stereocenters. The topological polar surface area (TPSA) is 57.6 Å². The summed E-state index contributed by atoms with van der Waals surface area (Å²) in [7, 11) is -1.17. The first-order valence-electron chi connectivity index (χ1n) is 6.13. The quantitative estimate of drug-likeness (QED) is 0.823. The highest BCUT2D eigenvalue weighted by atomic mass is 79.9. The Kier molecular flexibility index (Phi) is 6.68. The molecule has 1 atom stereocenters. The number of aromatic carboxylic acids is 1. The van der Waals surface area contributed by atoms with Crippen molar-refractivity contribution < 1.29 is 14.1 Å². The first-order valence-corrected chi connectivity index (χ1v) is 8.24. The molecule has 6 heteroatoms. The van der Waals surface area contributed by atoms with Crippen LogP contribution in [0.4, 0.5) is 0 Å². The summed E-state index contributed by atoms with van der Waals surface area (Å²) >= 11 is 3.18. The van der Waals surface area contributed by atoms with E-state index in [-0.39, 0.29) is 5.56 Å². The molecule has 0 radical (unpaired) electrons. The summed E-state index contributed by atoms with van der Waals surface area (Å²) in [5.41, 5.74) is 0.147. The van der Waals surface area contributed by atoms with E-state index in [1.54, 1.807) is 12.1 Å². The molecule has 0 amide bonds. The van der Waals surface area contributed by atoms with Gasteiger partial charge in [-0.15, -0.1) is 0 Å². The zero-order valence-corrected chi connectivity index (χ0v) is 13.5. The molecule has 0 aliphatic rings. The lowest BCUT2D eigenvalue weighted by Crippen LogP contribution is -2.27. The molecule has 106 valence electrons. The molecule has 1 N–H and O–H groups in total. The van der Waals surface area contributed by atoms with Gasteiger partial charge in [0, 0.05) is 21.7 Å². The Bertz CT molecular complexity index is 475. The third-order valence-electron chi connectivity index (χ3n) is 2.92. The van der Waals surface area contributed by atoms with Gasteiger partial charge in [-0.05, 0) is 47.2 Å². The van der Waals surface area contributed by atoms with Crippen LogP contribution in [0.5, 0.6) is 0 Å². The van der Waals surface area contributed by atoms with Crippen LogP contribution >= 0.6 is 15.9 Å². The van der Waals surface area contributed by atoms with Gasteiger partial charge in [-0.2, -0.15) is 0 Å². The van der Waals surface area contributed by atoms with Gasteiger partial charge < -0.3 is 10.0 Å². The maximum absolute atomic E-state index is 12.1. The Balaban J connectivity index is 2.77. The van der Waals surface area contributed by atoms with E-state index in [9.17, 15) is 9.00 Å². The highest BCUT2D eigenvalue weighted by Crippen LogP contribution is 2.20. The van der Waals surface area contributed by atoms with Gasteiger partial charge in [-0.3, -0.25) is 4.21 Å². The molecule has 0 fully saturated rings. The van der Waals surface area contributed by atoms with Crippen LogP contribution in [0.1, 0.15) is 24.2 Å². The zero-order chi connectivity index (χ0) is 14.4. The minimum Gasteiger partial charge on any atom is -0.478 e. The highest BCUT2D eigenvalue weighted by Gasteiger charge is 2.13. The van der Waals surface area contributed by atoms with E-state index in [1.807, 2.05) is 0 Å². The van der Waals surface area contributed by atoms with Crippen molar-refractivity contribution in [3.8, 4) is 0 Å². The van der Waals surface area contributed by atoms with E-state index >= 15 is 0 Å². The predicted molar refractivity (Wildman–Crippen MR) is 80.2 cm³/mol. The van der Waals surface area contributed by atoms with Crippen molar-refractivity contribution in [1.82, 2.24) is 4.90 Å². The molecule has 0 aliphatic carbocycles. The maximum atomic E-state index is 12.1. The fourth-order valence-corrected chi connectivity index (χ4v) is 3.22. The van der Waals surface area contributed by atoms with Crippen molar-refractivity contribution in [2.45, 2.75) is 18.7 Å². The molecule has 1 aromatic rings. The molecule has 0 aliphatic heterocycles. The number of hydrogen-bond donors (Lipinski definition) is 1.